The number of carbonyl (C=O) groups is 1. The first-order valence-corrected chi connectivity index (χ1v) is 5.73. The van der Waals surface area contributed by atoms with E-state index < -0.39 is 24.5 Å². The Hall–Kier alpha value is -0.650. The Morgan fingerprint density at radius 1 is 1.19 bits per heavy atom. The molecule has 3 N–H and O–H groups in total. The lowest BCUT2D eigenvalue weighted by Gasteiger charge is -2.18. The van der Waals surface area contributed by atoms with Crippen LogP contribution in [-0.4, -0.2) is 39.8 Å². The van der Waals surface area contributed by atoms with Crippen molar-refractivity contribution in [2.75, 3.05) is 0 Å². The van der Waals surface area contributed by atoms with Crippen molar-refractivity contribution in [3.05, 3.63) is 0 Å². The Morgan fingerprint density at radius 3 is 2.31 bits per heavy atom. The van der Waals surface area contributed by atoms with E-state index in [1.54, 1.807) is 0 Å². The van der Waals surface area contributed by atoms with Gasteiger partial charge in [-0.1, -0.05) is 32.6 Å². The molecule has 0 aliphatic heterocycles. The lowest BCUT2D eigenvalue weighted by Crippen LogP contribution is -2.34. The van der Waals surface area contributed by atoms with Crippen LogP contribution in [0.25, 0.3) is 0 Å². The molecule has 0 aliphatic rings. The highest BCUT2D eigenvalue weighted by Crippen LogP contribution is 2.09. The molecule has 0 amide bonds. The zero-order valence-electron chi connectivity index (χ0n) is 9.93. The molecule has 0 radical (unpaired) electrons. The fourth-order valence-corrected chi connectivity index (χ4v) is 1.22. The van der Waals surface area contributed by atoms with Crippen LogP contribution in [0.1, 0.15) is 46.0 Å². The first kappa shape index (κ1) is 15.3. The standard InChI is InChI=1S/C11H22O5/c1-3-4-5-6-7-9(13)11(15)16-10(14)8(2)12/h8-9,11-13,15H,3-7H2,1-2H3. The van der Waals surface area contributed by atoms with Crippen LogP contribution >= 0.6 is 0 Å². The van der Waals surface area contributed by atoms with Gasteiger partial charge in [0, 0.05) is 0 Å². The average Bonchev–Trinajstić information content (AvgIpc) is 2.23. The second-order valence-electron chi connectivity index (χ2n) is 3.92. The fourth-order valence-electron chi connectivity index (χ4n) is 1.22. The minimum absolute atomic E-state index is 0.383. The molecule has 5 heteroatoms. The Labute approximate surface area is 96.0 Å². The van der Waals surface area contributed by atoms with E-state index in [1.165, 1.54) is 6.92 Å². The van der Waals surface area contributed by atoms with Crippen LogP contribution < -0.4 is 0 Å². The quantitative estimate of drug-likeness (QED) is 0.324. The lowest BCUT2D eigenvalue weighted by atomic mass is 10.1. The molecule has 0 spiro atoms. The summed E-state index contributed by atoms with van der Waals surface area (Å²) < 4.78 is 4.45. The van der Waals surface area contributed by atoms with Crippen LogP contribution in [0.15, 0.2) is 0 Å². The minimum atomic E-state index is -1.55. The number of aliphatic hydroxyl groups excluding tert-OH is 3. The normalized spacial score (nSPS) is 16.6. The van der Waals surface area contributed by atoms with Crippen LogP contribution in [0.4, 0.5) is 0 Å². The Balaban J connectivity index is 3.72. The van der Waals surface area contributed by atoms with Crippen molar-refractivity contribution >= 4 is 5.97 Å². The van der Waals surface area contributed by atoms with E-state index in [0.717, 1.165) is 25.7 Å². The Morgan fingerprint density at radius 2 is 1.81 bits per heavy atom. The topological polar surface area (TPSA) is 87.0 Å². The van der Waals surface area contributed by atoms with Gasteiger partial charge in [-0.2, -0.15) is 0 Å². The molecule has 16 heavy (non-hydrogen) atoms. The number of rotatable bonds is 8. The van der Waals surface area contributed by atoms with Crippen molar-refractivity contribution in [3.8, 4) is 0 Å². The van der Waals surface area contributed by atoms with Crippen molar-refractivity contribution in [2.24, 2.45) is 0 Å². The Kier molecular flexibility index (Phi) is 8.15. The third-order valence-electron chi connectivity index (χ3n) is 2.26. The van der Waals surface area contributed by atoms with Gasteiger partial charge >= 0.3 is 5.97 Å². The van der Waals surface area contributed by atoms with Crippen molar-refractivity contribution in [1.82, 2.24) is 0 Å². The van der Waals surface area contributed by atoms with Crippen LogP contribution in [-0.2, 0) is 9.53 Å². The van der Waals surface area contributed by atoms with E-state index >= 15 is 0 Å². The summed E-state index contributed by atoms with van der Waals surface area (Å²) in [5.41, 5.74) is 0. The molecular formula is C11H22O5. The summed E-state index contributed by atoms with van der Waals surface area (Å²) in [6.45, 7) is 3.32. The van der Waals surface area contributed by atoms with E-state index in [4.69, 9.17) is 5.11 Å². The highest BCUT2D eigenvalue weighted by molar-refractivity contribution is 5.73. The molecule has 0 aromatic heterocycles. The molecule has 0 heterocycles. The molecule has 5 nitrogen and oxygen atoms in total. The van der Waals surface area contributed by atoms with E-state index in [0.29, 0.717) is 6.42 Å². The summed E-state index contributed by atoms with van der Waals surface area (Å²) in [4.78, 5) is 10.9. The van der Waals surface area contributed by atoms with Crippen molar-refractivity contribution < 1.29 is 24.9 Å². The Bertz CT molecular complexity index is 193. The molecule has 0 bridgehead atoms. The number of hydrogen-bond acceptors (Lipinski definition) is 5. The SMILES string of the molecule is CCCCCCC(O)C(O)OC(=O)C(C)O. The maximum absolute atomic E-state index is 10.9. The first-order valence-electron chi connectivity index (χ1n) is 5.73. The summed E-state index contributed by atoms with van der Waals surface area (Å²) in [5.74, 6) is -0.930. The molecule has 0 saturated heterocycles. The number of carbonyl (C=O) groups excluding carboxylic acids is 1. The number of esters is 1. The van der Waals surface area contributed by atoms with E-state index in [1.807, 2.05) is 0 Å². The maximum atomic E-state index is 10.9. The van der Waals surface area contributed by atoms with Gasteiger partial charge in [-0.3, -0.25) is 0 Å². The molecule has 0 aromatic carbocycles. The van der Waals surface area contributed by atoms with Gasteiger partial charge in [0.15, 0.2) is 0 Å². The predicted octanol–water partition coefficient (Wildman–Crippen LogP) is 0.560. The second kappa shape index (κ2) is 8.50. The van der Waals surface area contributed by atoms with E-state index in [-0.39, 0.29) is 0 Å². The highest BCUT2D eigenvalue weighted by atomic mass is 16.7. The zero-order valence-corrected chi connectivity index (χ0v) is 9.93. The molecule has 3 atom stereocenters. The minimum Gasteiger partial charge on any atom is -0.431 e. The van der Waals surface area contributed by atoms with Gasteiger partial charge in [0.05, 0.1) is 0 Å². The van der Waals surface area contributed by atoms with Gasteiger partial charge in [-0.05, 0) is 13.3 Å². The first-order chi connectivity index (χ1) is 7.49. The van der Waals surface area contributed by atoms with Crippen LogP contribution in [0.3, 0.4) is 0 Å². The molecule has 0 rings (SSSR count). The molecular weight excluding hydrogens is 212 g/mol. The third kappa shape index (κ3) is 6.76. The van der Waals surface area contributed by atoms with Gasteiger partial charge in [0.2, 0.25) is 6.29 Å². The van der Waals surface area contributed by atoms with Crippen LogP contribution in [0.5, 0.6) is 0 Å². The van der Waals surface area contributed by atoms with Gasteiger partial charge < -0.3 is 20.1 Å². The summed E-state index contributed by atoms with van der Waals surface area (Å²) in [5, 5.41) is 27.6. The smallest absolute Gasteiger partial charge is 0.337 e. The largest absolute Gasteiger partial charge is 0.431 e. The molecule has 96 valence electrons. The predicted molar refractivity (Wildman–Crippen MR) is 58.5 cm³/mol. The summed E-state index contributed by atoms with van der Waals surface area (Å²) in [6, 6.07) is 0. The van der Waals surface area contributed by atoms with Crippen molar-refractivity contribution in [2.45, 2.75) is 64.4 Å². The second-order valence-corrected chi connectivity index (χ2v) is 3.92. The highest BCUT2D eigenvalue weighted by Gasteiger charge is 2.22. The molecule has 0 fully saturated rings. The fraction of sp³-hybridized carbons (Fsp3) is 0.909. The van der Waals surface area contributed by atoms with Gasteiger partial charge in [0.25, 0.3) is 0 Å². The summed E-state index contributed by atoms with van der Waals surface area (Å²) in [6.07, 6.45) is 0.383. The maximum Gasteiger partial charge on any atom is 0.337 e. The number of ether oxygens (including phenoxy) is 1. The van der Waals surface area contributed by atoms with Gasteiger partial charge in [0.1, 0.15) is 12.2 Å². The lowest BCUT2D eigenvalue weighted by molar-refractivity contribution is -0.194. The van der Waals surface area contributed by atoms with E-state index in [9.17, 15) is 15.0 Å². The number of aliphatic hydroxyl groups is 3. The van der Waals surface area contributed by atoms with Crippen LogP contribution in [0, 0.1) is 0 Å². The van der Waals surface area contributed by atoms with Gasteiger partial charge in [-0.25, -0.2) is 4.79 Å². The molecule has 0 aliphatic carbocycles. The third-order valence-corrected chi connectivity index (χ3v) is 2.26. The number of unbranched alkanes of at least 4 members (excludes halogenated alkanes) is 3. The molecule has 3 unspecified atom stereocenters. The van der Waals surface area contributed by atoms with Crippen LogP contribution in [0.2, 0.25) is 0 Å². The number of hydrogen-bond donors (Lipinski definition) is 3. The zero-order chi connectivity index (χ0) is 12.6. The average molecular weight is 234 g/mol. The van der Waals surface area contributed by atoms with E-state index in [2.05, 4.69) is 11.7 Å². The summed E-state index contributed by atoms with van der Waals surface area (Å²) in [7, 11) is 0. The monoisotopic (exact) mass is 234 g/mol. The van der Waals surface area contributed by atoms with Crippen molar-refractivity contribution in [3.63, 3.8) is 0 Å². The summed E-state index contributed by atoms with van der Waals surface area (Å²) >= 11 is 0. The van der Waals surface area contributed by atoms with Crippen molar-refractivity contribution in [1.29, 1.82) is 0 Å². The molecule has 0 saturated carbocycles. The van der Waals surface area contributed by atoms with Gasteiger partial charge in [-0.15, -0.1) is 0 Å². The molecule has 0 aromatic rings.